The van der Waals surface area contributed by atoms with Crippen LogP contribution in [0.4, 0.5) is 5.82 Å². The average Bonchev–Trinajstić information content (AvgIpc) is 3.37. The molecule has 0 bridgehead atoms. The summed E-state index contributed by atoms with van der Waals surface area (Å²) in [6.07, 6.45) is 1.91. The van der Waals surface area contributed by atoms with Gasteiger partial charge in [0.15, 0.2) is 11.5 Å². The maximum absolute atomic E-state index is 12.2. The summed E-state index contributed by atoms with van der Waals surface area (Å²) in [5, 5.41) is 10.3. The van der Waals surface area contributed by atoms with Gasteiger partial charge < -0.3 is 36.0 Å². The van der Waals surface area contributed by atoms with Gasteiger partial charge in [0.05, 0.1) is 25.6 Å². The summed E-state index contributed by atoms with van der Waals surface area (Å²) in [6, 6.07) is 0. The molecular weight excluding hydrogens is 561 g/mol. The van der Waals surface area contributed by atoms with E-state index in [1.165, 1.54) is 17.2 Å². The fraction of sp³-hybridized carbons (Fsp3) is 0.688. The quantitative estimate of drug-likeness (QED) is 0.124. The zero-order valence-corrected chi connectivity index (χ0v) is 22.1. The zero-order chi connectivity index (χ0) is 27.3. The maximum Gasteiger partial charge on any atom is 0.490 e. The third-order valence-electron chi connectivity index (χ3n) is 5.07. The number of nitrogen functional groups attached to an aromatic ring is 1. The van der Waals surface area contributed by atoms with E-state index in [0.29, 0.717) is 30.6 Å². The first-order valence-electron chi connectivity index (χ1n) is 11.0. The minimum absolute atomic E-state index is 0.0127. The number of fused-ring (bicyclic) bond motifs is 1. The molecule has 3 heterocycles. The van der Waals surface area contributed by atoms with Gasteiger partial charge in [-0.3, -0.25) is 13.6 Å². The number of imidazole rings is 1. The Kier molecular flexibility index (Phi) is 10.3. The van der Waals surface area contributed by atoms with Crippen LogP contribution in [0.25, 0.3) is 11.2 Å². The van der Waals surface area contributed by atoms with E-state index >= 15 is 0 Å². The SMILES string of the molecule is NCCCCCCOP(=O)(O)OP(=O)(O)OP(=O)(O)OC[C@H]1O[C@@H](n2cnc3c(N)ncnc32)C[C@@H]1O. The molecule has 1 aliphatic heterocycles. The van der Waals surface area contributed by atoms with Gasteiger partial charge in [0.1, 0.15) is 24.2 Å². The van der Waals surface area contributed by atoms with E-state index in [2.05, 4.69) is 32.6 Å². The second-order valence-electron chi connectivity index (χ2n) is 7.92. The number of aliphatic hydroxyl groups is 1. The van der Waals surface area contributed by atoms with Crippen molar-refractivity contribution in [2.45, 2.75) is 50.5 Å². The van der Waals surface area contributed by atoms with Gasteiger partial charge in [0, 0.05) is 6.42 Å². The van der Waals surface area contributed by atoms with Gasteiger partial charge in [-0.15, -0.1) is 0 Å². The van der Waals surface area contributed by atoms with Gasteiger partial charge in [-0.25, -0.2) is 28.6 Å². The van der Waals surface area contributed by atoms with Gasteiger partial charge in [0.2, 0.25) is 0 Å². The van der Waals surface area contributed by atoms with E-state index in [9.17, 15) is 33.5 Å². The molecule has 210 valence electrons. The normalized spacial score (nSPS) is 25.1. The molecule has 0 aromatic carbocycles. The molecule has 1 fully saturated rings. The van der Waals surface area contributed by atoms with Crippen LogP contribution in [0.2, 0.25) is 0 Å². The lowest BCUT2D eigenvalue weighted by Crippen LogP contribution is -2.26. The van der Waals surface area contributed by atoms with Crippen molar-refractivity contribution in [3.63, 3.8) is 0 Å². The van der Waals surface area contributed by atoms with Crippen molar-refractivity contribution in [2.24, 2.45) is 5.73 Å². The van der Waals surface area contributed by atoms with Crippen molar-refractivity contribution in [2.75, 3.05) is 25.5 Å². The smallest absolute Gasteiger partial charge is 0.390 e. The average molecular weight is 590 g/mol. The molecule has 3 unspecified atom stereocenters. The van der Waals surface area contributed by atoms with Crippen LogP contribution in [0.15, 0.2) is 12.7 Å². The van der Waals surface area contributed by atoms with Crippen LogP contribution >= 0.6 is 23.5 Å². The van der Waals surface area contributed by atoms with E-state index in [1.54, 1.807) is 0 Å². The van der Waals surface area contributed by atoms with Crippen LogP contribution in [-0.2, 0) is 36.1 Å². The molecule has 1 saturated heterocycles. The Labute approximate surface area is 210 Å². The summed E-state index contributed by atoms with van der Waals surface area (Å²) in [7, 11) is -16.0. The van der Waals surface area contributed by atoms with Crippen LogP contribution in [0.3, 0.4) is 0 Å². The number of phosphoric ester groups is 2. The molecule has 0 aliphatic carbocycles. The molecule has 3 rings (SSSR count). The summed E-state index contributed by atoms with van der Waals surface area (Å²) in [5.41, 5.74) is 11.7. The number of aromatic nitrogens is 4. The predicted molar refractivity (Wildman–Crippen MR) is 125 cm³/mol. The molecule has 21 heteroatoms. The number of nitrogens with two attached hydrogens (primary N) is 2. The minimum atomic E-state index is -5.60. The van der Waals surface area contributed by atoms with Crippen LogP contribution in [0.1, 0.15) is 38.3 Å². The Balaban J connectivity index is 1.50. The van der Waals surface area contributed by atoms with Crippen molar-refractivity contribution >= 4 is 40.4 Å². The molecule has 6 atom stereocenters. The van der Waals surface area contributed by atoms with Gasteiger partial charge >= 0.3 is 23.5 Å². The topological polar surface area (TPSA) is 274 Å². The Morgan fingerprint density at radius 2 is 1.68 bits per heavy atom. The standard InChI is InChI=1S/C16H29N6O12P3/c17-5-3-1-2-4-6-30-35(24,25)33-37(28,29)34-36(26,27)31-8-12-11(23)7-13(32-12)22-10-21-14-15(18)19-9-20-16(14)22/h9-13,23H,1-8,17H2,(H,24,25)(H,26,27)(H,28,29)(H2,18,19,20)/t11-,12+,13+/m0/s1. The summed E-state index contributed by atoms with van der Waals surface area (Å²) >= 11 is 0. The molecular formula is C16H29N6O12P3. The molecule has 0 spiro atoms. The van der Waals surface area contributed by atoms with E-state index in [0.717, 1.165) is 12.8 Å². The molecule has 1 aliphatic rings. The van der Waals surface area contributed by atoms with E-state index in [1.807, 2.05) is 0 Å². The monoisotopic (exact) mass is 590 g/mol. The lowest BCUT2D eigenvalue weighted by atomic mass is 10.2. The number of rotatable bonds is 15. The molecule has 0 amide bonds. The largest absolute Gasteiger partial charge is 0.490 e. The first kappa shape index (κ1) is 30.2. The van der Waals surface area contributed by atoms with Gasteiger partial charge in [-0.2, -0.15) is 8.62 Å². The van der Waals surface area contributed by atoms with Crippen LogP contribution in [0, 0.1) is 0 Å². The molecule has 0 radical (unpaired) electrons. The molecule has 0 saturated carbocycles. The van der Waals surface area contributed by atoms with Gasteiger partial charge in [0.25, 0.3) is 0 Å². The Morgan fingerprint density at radius 3 is 2.38 bits per heavy atom. The highest BCUT2D eigenvalue weighted by Gasteiger charge is 2.44. The fourth-order valence-electron chi connectivity index (χ4n) is 3.39. The third-order valence-corrected chi connectivity index (χ3v) is 9.36. The van der Waals surface area contributed by atoms with Crippen molar-refractivity contribution in [1.29, 1.82) is 0 Å². The highest BCUT2D eigenvalue weighted by molar-refractivity contribution is 7.66. The number of anilines is 1. The van der Waals surface area contributed by atoms with Crippen LogP contribution in [0.5, 0.6) is 0 Å². The Hall–Kier alpha value is -1.36. The summed E-state index contributed by atoms with van der Waals surface area (Å²) < 4.78 is 60.4. The number of phosphoric acid groups is 3. The van der Waals surface area contributed by atoms with Gasteiger partial charge in [-0.05, 0) is 19.4 Å². The molecule has 37 heavy (non-hydrogen) atoms. The van der Waals surface area contributed by atoms with Crippen LogP contribution < -0.4 is 11.5 Å². The second-order valence-corrected chi connectivity index (χ2v) is 12.6. The number of ether oxygens (including phenoxy) is 1. The first-order valence-corrected chi connectivity index (χ1v) is 15.5. The maximum atomic E-state index is 12.2. The molecule has 2 aromatic rings. The molecule has 18 nitrogen and oxygen atoms in total. The second kappa shape index (κ2) is 12.7. The fourth-order valence-corrected chi connectivity index (χ4v) is 6.93. The highest BCUT2D eigenvalue weighted by atomic mass is 31.3. The lowest BCUT2D eigenvalue weighted by Gasteiger charge is -2.20. The number of unbranched alkanes of at least 4 members (excludes halogenated alkanes) is 3. The summed E-state index contributed by atoms with van der Waals surface area (Å²) in [5.74, 6) is 0.136. The van der Waals surface area contributed by atoms with Crippen LogP contribution in [-0.4, -0.2) is 71.3 Å². The third kappa shape index (κ3) is 8.83. The lowest BCUT2D eigenvalue weighted by molar-refractivity contribution is -0.0423. The van der Waals surface area contributed by atoms with Crippen molar-refractivity contribution in [3.8, 4) is 0 Å². The predicted octanol–water partition coefficient (Wildman–Crippen LogP) is 0.944. The van der Waals surface area contributed by atoms with Gasteiger partial charge in [-0.1, -0.05) is 12.8 Å². The Bertz CT molecular complexity index is 1200. The molecule has 8 N–H and O–H groups in total. The van der Waals surface area contributed by atoms with Crippen molar-refractivity contribution in [1.82, 2.24) is 19.5 Å². The molecule has 2 aromatic heterocycles. The Morgan fingerprint density at radius 1 is 1.00 bits per heavy atom. The van der Waals surface area contributed by atoms with Crippen molar-refractivity contribution < 1.29 is 55.9 Å². The van der Waals surface area contributed by atoms with E-state index in [4.69, 9.17) is 16.2 Å². The number of hydrogen-bond acceptors (Lipinski definition) is 14. The number of aliphatic hydroxyl groups excluding tert-OH is 1. The van der Waals surface area contributed by atoms with Crippen molar-refractivity contribution in [3.05, 3.63) is 12.7 Å². The zero-order valence-electron chi connectivity index (χ0n) is 19.4. The number of hydrogen-bond donors (Lipinski definition) is 6. The number of nitrogens with zero attached hydrogens (tertiary/aromatic N) is 4. The first-order chi connectivity index (χ1) is 17.3. The highest BCUT2D eigenvalue weighted by Crippen LogP contribution is 2.67. The van der Waals surface area contributed by atoms with E-state index < -0.39 is 48.5 Å². The summed E-state index contributed by atoms with van der Waals surface area (Å²) in [6.45, 7) is -0.546. The summed E-state index contributed by atoms with van der Waals surface area (Å²) in [4.78, 5) is 41.0. The minimum Gasteiger partial charge on any atom is -0.390 e. The van der Waals surface area contributed by atoms with E-state index in [-0.39, 0.29) is 18.8 Å².